The van der Waals surface area contributed by atoms with E-state index in [0.717, 1.165) is 5.57 Å². The lowest BCUT2D eigenvalue weighted by Crippen LogP contribution is -1.93. The van der Waals surface area contributed by atoms with Crippen LogP contribution in [-0.4, -0.2) is 27.0 Å². The third kappa shape index (κ3) is 5.03. The molecule has 0 radical (unpaired) electrons. The van der Waals surface area contributed by atoms with Crippen molar-refractivity contribution in [1.82, 2.24) is 0 Å². The standard InChI is InChI=1S/C6H11NO2/c1-6(5-8-2)4-7-9-3/h4H,1,5H2,2-3H3. The average Bonchev–Trinajstić information content (AvgIpc) is 1.85. The van der Waals surface area contributed by atoms with Crippen molar-refractivity contribution in [3.63, 3.8) is 0 Å². The lowest BCUT2D eigenvalue weighted by molar-refractivity contribution is 0.212. The van der Waals surface area contributed by atoms with Gasteiger partial charge in [-0.05, 0) is 5.57 Å². The second-order valence-electron chi connectivity index (χ2n) is 1.51. The Hall–Kier alpha value is -0.830. The number of methoxy groups -OCH3 is 1. The quantitative estimate of drug-likeness (QED) is 0.415. The maximum Gasteiger partial charge on any atom is 0.106 e. The minimum absolute atomic E-state index is 0.493. The second-order valence-corrected chi connectivity index (χ2v) is 1.51. The SMILES string of the molecule is C=C(C=NOC)COC. The van der Waals surface area contributed by atoms with Crippen LogP contribution in [0.25, 0.3) is 0 Å². The lowest BCUT2D eigenvalue weighted by atomic mass is 10.4. The molecular weight excluding hydrogens is 118 g/mol. The summed E-state index contributed by atoms with van der Waals surface area (Å²) in [5, 5.41) is 3.49. The van der Waals surface area contributed by atoms with Crippen LogP contribution in [0, 0.1) is 0 Å². The summed E-state index contributed by atoms with van der Waals surface area (Å²) in [4.78, 5) is 4.41. The predicted molar refractivity (Wildman–Crippen MR) is 36.5 cm³/mol. The first kappa shape index (κ1) is 8.17. The van der Waals surface area contributed by atoms with Gasteiger partial charge in [-0.25, -0.2) is 0 Å². The zero-order chi connectivity index (χ0) is 7.11. The van der Waals surface area contributed by atoms with Gasteiger partial charge in [-0.2, -0.15) is 0 Å². The van der Waals surface area contributed by atoms with Gasteiger partial charge in [-0.15, -0.1) is 0 Å². The van der Waals surface area contributed by atoms with Gasteiger partial charge in [0.1, 0.15) is 7.11 Å². The highest BCUT2D eigenvalue weighted by molar-refractivity contribution is 5.77. The van der Waals surface area contributed by atoms with Crippen LogP contribution < -0.4 is 0 Å². The minimum Gasteiger partial charge on any atom is -0.399 e. The van der Waals surface area contributed by atoms with E-state index in [1.54, 1.807) is 7.11 Å². The highest BCUT2D eigenvalue weighted by atomic mass is 16.6. The van der Waals surface area contributed by atoms with Crippen LogP contribution in [0.3, 0.4) is 0 Å². The zero-order valence-electron chi connectivity index (χ0n) is 5.76. The van der Waals surface area contributed by atoms with E-state index in [4.69, 9.17) is 4.74 Å². The molecule has 0 unspecified atom stereocenters. The molecule has 0 atom stereocenters. The molecule has 3 heteroatoms. The summed E-state index contributed by atoms with van der Waals surface area (Å²) in [6.45, 7) is 4.12. The molecule has 0 aromatic carbocycles. The molecule has 0 aromatic heterocycles. The third-order valence-electron chi connectivity index (χ3n) is 0.670. The van der Waals surface area contributed by atoms with Crippen LogP contribution >= 0.6 is 0 Å². The monoisotopic (exact) mass is 129 g/mol. The number of rotatable bonds is 4. The Labute approximate surface area is 55.0 Å². The maximum absolute atomic E-state index is 4.75. The Balaban J connectivity index is 3.37. The van der Waals surface area contributed by atoms with Gasteiger partial charge in [0.2, 0.25) is 0 Å². The van der Waals surface area contributed by atoms with E-state index in [-0.39, 0.29) is 0 Å². The van der Waals surface area contributed by atoms with Gasteiger partial charge < -0.3 is 9.57 Å². The first-order valence-electron chi connectivity index (χ1n) is 2.54. The smallest absolute Gasteiger partial charge is 0.106 e. The molecule has 0 aliphatic rings. The molecule has 0 fully saturated rings. The van der Waals surface area contributed by atoms with E-state index in [0.29, 0.717) is 6.61 Å². The summed E-state index contributed by atoms with van der Waals surface area (Å²) < 4.78 is 4.75. The van der Waals surface area contributed by atoms with Crippen molar-refractivity contribution < 1.29 is 9.57 Å². The van der Waals surface area contributed by atoms with Crippen LogP contribution in [0.4, 0.5) is 0 Å². The van der Waals surface area contributed by atoms with E-state index in [9.17, 15) is 0 Å². The van der Waals surface area contributed by atoms with Gasteiger partial charge in [-0.1, -0.05) is 11.7 Å². The summed E-state index contributed by atoms with van der Waals surface area (Å²) in [5.41, 5.74) is 0.791. The highest BCUT2D eigenvalue weighted by Gasteiger charge is 1.84. The molecule has 0 bridgehead atoms. The molecule has 52 valence electrons. The number of oxime groups is 1. The largest absolute Gasteiger partial charge is 0.399 e. The summed E-state index contributed by atoms with van der Waals surface area (Å²) in [5.74, 6) is 0. The van der Waals surface area contributed by atoms with Crippen molar-refractivity contribution in [2.75, 3.05) is 20.8 Å². The molecule has 0 rings (SSSR count). The molecule has 0 aromatic rings. The molecule has 0 saturated heterocycles. The minimum atomic E-state index is 0.493. The molecule has 0 saturated carbocycles. The summed E-state index contributed by atoms with van der Waals surface area (Å²) in [6, 6.07) is 0. The van der Waals surface area contributed by atoms with E-state index >= 15 is 0 Å². The Kier molecular flexibility index (Phi) is 4.82. The van der Waals surface area contributed by atoms with Gasteiger partial charge in [0.25, 0.3) is 0 Å². The van der Waals surface area contributed by atoms with Crippen LogP contribution in [0.5, 0.6) is 0 Å². The van der Waals surface area contributed by atoms with Crippen LogP contribution in [0.1, 0.15) is 0 Å². The van der Waals surface area contributed by atoms with E-state index < -0.39 is 0 Å². The fourth-order valence-electron chi connectivity index (χ4n) is 0.350. The van der Waals surface area contributed by atoms with Gasteiger partial charge >= 0.3 is 0 Å². The Morgan fingerprint density at radius 1 is 1.67 bits per heavy atom. The number of ether oxygens (including phenoxy) is 1. The van der Waals surface area contributed by atoms with Crippen LogP contribution in [-0.2, 0) is 9.57 Å². The fourth-order valence-corrected chi connectivity index (χ4v) is 0.350. The summed E-state index contributed by atoms with van der Waals surface area (Å²) in [6.07, 6.45) is 1.52. The van der Waals surface area contributed by atoms with Crippen molar-refractivity contribution in [3.8, 4) is 0 Å². The molecule has 0 aliphatic heterocycles. The van der Waals surface area contributed by atoms with Crippen molar-refractivity contribution in [2.45, 2.75) is 0 Å². The van der Waals surface area contributed by atoms with Crippen molar-refractivity contribution >= 4 is 6.21 Å². The summed E-state index contributed by atoms with van der Waals surface area (Å²) in [7, 11) is 3.09. The topological polar surface area (TPSA) is 30.8 Å². The molecular formula is C6H11NO2. The van der Waals surface area contributed by atoms with Crippen LogP contribution in [0.15, 0.2) is 17.3 Å². The molecule has 0 aliphatic carbocycles. The Bertz CT molecular complexity index is 110. The van der Waals surface area contributed by atoms with Crippen molar-refractivity contribution in [3.05, 3.63) is 12.2 Å². The lowest BCUT2D eigenvalue weighted by Gasteiger charge is -1.93. The van der Waals surface area contributed by atoms with E-state index in [1.807, 2.05) is 0 Å². The third-order valence-corrected chi connectivity index (χ3v) is 0.670. The Morgan fingerprint density at radius 3 is 2.78 bits per heavy atom. The highest BCUT2D eigenvalue weighted by Crippen LogP contribution is 1.84. The normalized spacial score (nSPS) is 10.0. The van der Waals surface area contributed by atoms with Crippen molar-refractivity contribution in [2.24, 2.45) is 5.16 Å². The molecule has 0 amide bonds. The summed E-state index contributed by atoms with van der Waals surface area (Å²) >= 11 is 0. The first-order chi connectivity index (χ1) is 4.31. The maximum atomic E-state index is 4.75. The second kappa shape index (κ2) is 5.31. The fraction of sp³-hybridized carbons (Fsp3) is 0.500. The van der Waals surface area contributed by atoms with Gasteiger partial charge in [0.05, 0.1) is 12.8 Å². The van der Waals surface area contributed by atoms with Gasteiger partial charge in [-0.3, -0.25) is 0 Å². The molecule has 0 heterocycles. The van der Waals surface area contributed by atoms with Gasteiger partial charge in [0.15, 0.2) is 0 Å². The number of nitrogens with zero attached hydrogens (tertiary/aromatic N) is 1. The van der Waals surface area contributed by atoms with E-state index in [1.165, 1.54) is 13.3 Å². The average molecular weight is 129 g/mol. The number of hydrogen-bond acceptors (Lipinski definition) is 3. The number of hydrogen-bond donors (Lipinski definition) is 0. The first-order valence-corrected chi connectivity index (χ1v) is 2.54. The Morgan fingerprint density at radius 2 is 2.33 bits per heavy atom. The predicted octanol–water partition coefficient (Wildman–Crippen LogP) is 0.821. The molecule has 0 N–H and O–H groups in total. The van der Waals surface area contributed by atoms with Crippen molar-refractivity contribution in [1.29, 1.82) is 0 Å². The van der Waals surface area contributed by atoms with E-state index in [2.05, 4.69) is 16.6 Å². The molecule has 0 spiro atoms. The molecule has 9 heavy (non-hydrogen) atoms. The van der Waals surface area contributed by atoms with Crippen LogP contribution in [0.2, 0.25) is 0 Å². The zero-order valence-corrected chi connectivity index (χ0v) is 5.76. The van der Waals surface area contributed by atoms with Gasteiger partial charge in [0, 0.05) is 7.11 Å². The molecule has 3 nitrogen and oxygen atoms in total.